The zero-order chi connectivity index (χ0) is 29.5. The average Bonchev–Trinajstić information content (AvgIpc) is 3.49. The van der Waals surface area contributed by atoms with E-state index in [-0.39, 0.29) is 41.9 Å². The number of rotatable bonds is 9. The van der Waals surface area contributed by atoms with Crippen molar-refractivity contribution in [2.24, 2.45) is 10.9 Å². The van der Waals surface area contributed by atoms with Crippen LogP contribution in [0.15, 0.2) is 46.0 Å². The number of carboxylic acids is 1. The number of hydrogen-bond acceptors (Lipinski definition) is 9. The van der Waals surface area contributed by atoms with Crippen molar-refractivity contribution >= 4 is 46.7 Å². The second-order valence-corrected chi connectivity index (χ2v) is 12.0. The summed E-state index contributed by atoms with van der Waals surface area (Å²) in [6, 6.07) is 1.59. The Balaban J connectivity index is 1.39. The van der Waals surface area contributed by atoms with Gasteiger partial charge in [0.05, 0.1) is 23.2 Å². The Morgan fingerprint density at radius 2 is 2.10 bits per heavy atom. The van der Waals surface area contributed by atoms with Gasteiger partial charge in [-0.1, -0.05) is 23.7 Å². The number of nitrogens with zero attached hydrogens (tertiary/aromatic N) is 5. The third-order valence-corrected chi connectivity index (χ3v) is 9.21. The van der Waals surface area contributed by atoms with E-state index < -0.39 is 35.9 Å². The van der Waals surface area contributed by atoms with Crippen LogP contribution < -0.4 is 5.32 Å². The van der Waals surface area contributed by atoms with Crippen LogP contribution in [-0.4, -0.2) is 100 Å². The van der Waals surface area contributed by atoms with Gasteiger partial charge in [-0.3, -0.25) is 14.7 Å². The molecule has 2 aromatic rings. The Labute approximate surface area is 250 Å². The number of amides is 2. The third kappa shape index (κ3) is 5.36. The molecule has 2 amide bonds. The molecule has 2 N–H and O–H groups in total. The summed E-state index contributed by atoms with van der Waals surface area (Å²) in [6.45, 7) is 3.36. The van der Waals surface area contributed by atoms with E-state index >= 15 is 0 Å². The highest BCUT2D eigenvalue weighted by Gasteiger charge is 2.50. The number of fused-ring (bicyclic) bond motifs is 1. The molecule has 1 aromatic carbocycles. The minimum Gasteiger partial charge on any atom is -0.480 e. The molecule has 1 aromatic heterocycles. The van der Waals surface area contributed by atoms with E-state index in [0.717, 1.165) is 12.8 Å². The quantitative estimate of drug-likeness (QED) is 0.412. The standard InChI is InChI=1S/C28H30ClFN6O5S/c1-2-41-27(39)20-18(32-24(25-31-8-11-42-25)33-22(20)16-4-3-5-17(30)21(16)29)13-34-9-10-36-19(23(34)26(37)38)14-35(28(36)40)12-15-6-7-15/h3-5,8,11,15,19,22-23H,2,6-7,9-10,12-14H2,1H3,(H,32,33)(H,37,38)/t19-,22+,23-/m1/s1. The molecular weight excluding hydrogens is 587 g/mol. The fourth-order valence-corrected chi connectivity index (χ4v) is 6.73. The highest BCUT2D eigenvalue weighted by Crippen LogP contribution is 2.38. The van der Waals surface area contributed by atoms with Crippen LogP contribution >= 0.6 is 22.9 Å². The van der Waals surface area contributed by atoms with Crippen molar-refractivity contribution in [1.82, 2.24) is 25.0 Å². The van der Waals surface area contributed by atoms with Crippen LogP contribution in [0, 0.1) is 11.7 Å². The molecule has 0 unspecified atom stereocenters. The highest BCUT2D eigenvalue weighted by atomic mass is 35.5. The summed E-state index contributed by atoms with van der Waals surface area (Å²) < 4.78 is 20.0. The smallest absolute Gasteiger partial charge is 0.338 e. The summed E-state index contributed by atoms with van der Waals surface area (Å²) in [6.07, 6.45) is 3.78. The van der Waals surface area contributed by atoms with Crippen LogP contribution in [0.1, 0.15) is 36.4 Å². The summed E-state index contributed by atoms with van der Waals surface area (Å²) in [7, 11) is 0. The number of aliphatic carboxylic acids is 1. The first kappa shape index (κ1) is 28.6. The van der Waals surface area contributed by atoms with Crippen LogP contribution in [0.4, 0.5) is 9.18 Å². The highest BCUT2D eigenvalue weighted by molar-refractivity contribution is 7.11. The van der Waals surface area contributed by atoms with Crippen LogP contribution in [-0.2, 0) is 14.3 Å². The first-order valence-electron chi connectivity index (χ1n) is 13.9. The molecule has 6 rings (SSSR count). The molecule has 0 bridgehead atoms. The zero-order valence-corrected chi connectivity index (χ0v) is 24.4. The lowest BCUT2D eigenvalue weighted by molar-refractivity contribution is -0.147. The van der Waals surface area contributed by atoms with Crippen molar-refractivity contribution < 1.29 is 28.6 Å². The van der Waals surface area contributed by atoms with E-state index in [0.29, 0.717) is 42.1 Å². The van der Waals surface area contributed by atoms with Gasteiger partial charge < -0.3 is 25.0 Å². The monoisotopic (exact) mass is 616 g/mol. The first-order valence-corrected chi connectivity index (χ1v) is 15.1. The number of ether oxygens (including phenoxy) is 1. The lowest BCUT2D eigenvalue weighted by atomic mass is 9.94. The van der Waals surface area contributed by atoms with Gasteiger partial charge in [0.15, 0.2) is 10.8 Å². The Morgan fingerprint density at radius 3 is 2.79 bits per heavy atom. The molecule has 0 radical (unpaired) electrons. The average molecular weight is 617 g/mol. The molecule has 222 valence electrons. The topological polar surface area (TPSA) is 128 Å². The number of amidine groups is 1. The van der Waals surface area contributed by atoms with Crippen molar-refractivity contribution in [3.8, 4) is 0 Å². The number of piperazine rings is 1. The predicted octanol–water partition coefficient (Wildman–Crippen LogP) is 3.13. The van der Waals surface area contributed by atoms with Gasteiger partial charge in [0.25, 0.3) is 0 Å². The van der Waals surface area contributed by atoms with Gasteiger partial charge in [-0.15, -0.1) is 11.3 Å². The molecule has 11 nitrogen and oxygen atoms in total. The molecule has 3 fully saturated rings. The number of carboxylic acid groups (broad SMARTS) is 1. The van der Waals surface area contributed by atoms with E-state index in [4.69, 9.17) is 21.3 Å². The van der Waals surface area contributed by atoms with Crippen LogP contribution in [0.3, 0.4) is 0 Å². The van der Waals surface area contributed by atoms with Crippen LogP contribution in [0.2, 0.25) is 5.02 Å². The summed E-state index contributed by atoms with van der Waals surface area (Å²) >= 11 is 7.72. The number of halogens is 2. The number of esters is 1. The molecule has 2 saturated heterocycles. The minimum atomic E-state index is -1.06. The predicted molar refractivity (Wildman–Crippen MR) is 153 cm³/mol. The van der Waals surface area contributed by atoms with Gasteiger partial charge in [-0.2, -0.15) is 0 Å². The number of carbonyl (C=O) groups is 3. The Bertz CT molecular complexity index is 1460. The largest absolute Gasteiger partial charge is 0.480 e. The number of nitrogens with one attached hydrogen (secondary N) is 1. The minimum absolute atomic E-state index is 0.0140. The maximum absolute atomic E-state index is 14.6. The molecule has 3 atom stereocenters. The zero-order valence-electron chi connectivity index (χ0n) is 22.8. The van der Waals surface area contributed by atoms with Crippen molar-refractivity contribution in [2.45, 2.75) is 37.9 Å². The van der Waals surface area contributed by atoms with E-state index in [1.54, 1.807) is 39.3 Å². The van der Waals surface area contributed by atoms with Gasteiger partial charge >= 0.3 is 18.0 Å². The van der Waals surface area contributed by atoms with Gasteiger partial charge in [-0.05, 0) is 31.7 Å². The second kappa shape index (κ2) is 11.6. The Kier molecular flexibility index (Phi) is 7.90. The molecule has 0 spiro atoms. The van der Waals surface area contributed by atoms with Crippen molar-refractivity contribution in [3.63, 3.8) is 0 Å². The molecule has 1 aliphatic carbocycles. The van der Waals surface area contributed by atoms with Crippen molar-refractivity contribution in [3.05, 3.63) is 62.5 Å². The summed E-state index contributed by atoms with van der Waals surface area (Å²) in [5.41, 5.74) is 0.733. The van der Waals surface area contributed by atoms with Gasteiger partial charge in [-0.25, -0.2) is 19.0 Å². The van der Waals surface area contributed by atoms with E-state index in [2.05, 4.69) is 10.3 Å². The van der Waals surface area contributed by atoms with E-state index in [1.807, 2.05) is 0 Å². The van der Waals surface area contributed by atoms with E-state index in [9.17, 15) is 23.9 Å². The molecule has 3 aliphatic heterocycles. The second-order valence-electron chi connectivity index (χ2n) is 10.7. The normalized spacial score (nSPS) is 24.4. The number of urea groups is 1. The maximum Gasteiger partial charge on any atom is 0.338 e. The SMILES string of the molecule is CCOC(=O)C1=C(CN2CCN3C(=O)N(CC4CC4)C[C@@H]3[C@@H]2C(=O)O)NC(c2nccs2)=N[C@H]1c1cccc(F)c1Cl. The van der Waals surface area contributed by atoms with Crippen LogP contribution in [0.5, 0.6) is 0 Å². The number of aliphatic imine (C=N–C) groups is 1. The van der Waals surface area contributed by atoms with Crippen LogP contribution in [0.25, 0.3) is 0 Å². The van der Waals surface area contributed by atoms with Crippen molar-refractivity contribution in [1.29, 1.82) is 0 Å². The summed E-state index contributed by atoms with van der Waals surface area (Å²) in [4.78, 5) is 53.6. The Morgan fingerprint density at radius 1 is 1.29 bits per heavy atom. The number of aromatic nitrogens is 1. The molecule has 1 saturated carbocycles. The molecule has 14 heteroatoms. The van der Waals surface area contributed by atoms with Gasteiger partial charge in [0.2, 0.25) is 0 Å². The summed E-state index contributed by atoms with van der Waals surface area (Å²) in [5.74, 6) is -1.57. The third-order valence-electron chi connectivity index (χ3n) is 8.03. The molecule has 4 heterocycles. The fraction of sp³-hybridized carbons (Fsp3) is 0.464. The fourth-order valence-electron chi connectivity index (χ4n) is 5.92. The molecule has 42 heavy (non-hydrogen) atoms. The summed E-state index contributed by atoms with van der Waals surface area (Å²) in [5, 5.41) is 15.7. The number of thiazole rings is 1. The van der Waals surface area contributed by atoms with Gasteiger partial charge in [0.1, 0.15) is 17.9 Å². The van der Waals surface area contributed by atoms with Gasteiger partial charge in [0, 0.05) is 55.6 Å². The molecule has 4 aliphatic rings. The van der Waals surface area contributed by atoms with Crippen molar-refractivity contribution in [2.75, 3.05) is 39.3 Å². The lowest BCUT2D eigenvalue weighted by Crippen LogP contribution is -2.62. The maximum atomic E-state index is 14.6. The number of carbonyl (C=O) groups excluding carboxylic acids is 2. The number of benzene rings is 1. The lowest BCUT2D eigenvalue weighted by Gasteiger charge is -2.42. The number of hydrogen-bond donors (Lipinski definition) is 2. The van der Waals surface area contributed by atoms with E-state index in [1.165, 1.54) is 23.5 Å². The first-order chi connectivity index (χ1) is 20.3. The Hall–Kier alpha value is -3.55. The molecular formula is C28H30ClFN6O5S.